The molecule has 2 bridgehead atoms. The monoisotopic (exact) mass is 400 g/mol. The third-order valence-electron chi connectivity index (χ3n) is 5.71. The molecule has 3 amide bonds. The van der Waals surface area contributed by atoms with Gasteiger partial charge in [-0.1, -0.05) is 23.6 Å². The van der Waals surface area contributed by atoms with Gasteiger partial charge in [-0.25, -0.2) is 9.59 Å². The van der Waals surface area contributed by atoms with Crippen molar-refractivity contribution in [3.8, 4) is 0 Å². The number of carbonyl (C=O) groups is 4. The number of likely N-dealkylation sites (tertiary alicyclic amines) is 1. The second-order valence-corrected chi connectivity index (χ2v) is 8.91. The SMILES string of the molecule is CC(C)(C)OC(=O)N1CC2CCCC1(C(=O)ON1C(=O)c3ccccc3C1=O)C2. The zero-order chi connectivity index (χ0) is 21.0. The average Bonchev–Trinajstić information content (AvgIpc) is 3.07. The second-order valence-electron chi connectivity index (χ2n) is 8.91. The van der Waals surface area contributed by atoms with Crippen molar-refractivity contribution in [3.63, 3.8) is 0 Å². The first-order chi connectivity index (χ1) is 13.6. The Morgan fingerprint density at radius 1 is 1.10 bits per heavy atom. The molecule has 8 nitrogen and oxygen atoms in total. The topological polar surface area (TPSA) is 93.2 Å². The van der Waals surface area contributed by atoms with Gasteiger partial charge >= 0.3 is 12.1 Å². The lowest BCUT2D eigenvalue weighted by atomic mass is 9.80. The number of nitrogens with zero attached hydrogens (tertiary/aromatic N) is 2. The Hall–Kier alpha value is -2.90. The van der Waals surface area contributed by atoms with Gasteiger partial charge < -0.3 is 9.57 Å². The molecule has 2 aliphatic heterocycles. The quantitative estimate of drug-likeness (QED) is 0.709. The van der Waals surface area contributed by atoms with Gasteiger partial charge in [-0.15, -0.1) is 0 Å². The fraction of sp³-hybridized carbons (Fsp3) is 0.524. The maximum atomic E-state index is 13.2. The summed E-state index contributed by atoms with van der Waals surface area (Å²) in [6.07, 6.45) is 1.92. The second kappa shape index (κ2) is 6.57. The van der Waals surface area contributed by atoms with Crippen molar-refractivity contribution in [2.75, 3.05) is 6.54 Å². The number of imide groups is 1. The Morgan fingerprint density at radius 2 is 1.72 bits per heavy atom. The number of hydrogen-bond acceptors (Lipinski definition) is 6. The van der Waals surface area contributed by atoms with E-state index in [1.165, 1.54) is 17.0 Å². The van der Waals surface area contributed by atoms with Crippen molar-refractivity contribution in [2.24, 2.45) is 5.92 Å². The van der Waals surface area contributed by atoms with Gasteiger partial charge in [0, 0.05) is 6.54 Å². The molecule has 4 rings (SSSR count). The third-order valence-corrected chi connectivity index (χ3v) is 5.71. The molecule has 0 radical (unpaired) electrons. The fourth-order valence-corrected chi connectivity index (χ4v) is 4.48. The van der Waals surface area contributed by atoms with Crippen LogP contribution in [0.3, 0.4) is 0 Å². The molecular formula is C21H24N2O6. The van der Waals surface area contributed by atoms with Crippen LogP contribution in [0.5, 0.6) is 0 Å². The molecule has 1 saturated carbocycles. The van der Waals surface area contributed by atoms with Crippen molar-refractivity contribution in [3.05, 3.63) is 35.4 Å². The van der Waals surface area contributed by atoms with E-state index in [4.69, 9.17) is 9.57 Å². The van der Waals surface area contributed by atoms with Crippen molar-refractivity contribution >= 4 is 23.9 Å². The highest BCUT2D eigenvalue weighted by Crippen LogP contribution is 2.45. The third kappa shape index (κ3) is 3.16. The summed E-state index contributed by atoms with van der Waals surface area (Å²) in [6.45, 7) is 5.68. The van der Waals surface area contributed by atoms with Crippen LogP contribution < -0.4 is 0 Å². The van der Waals surface area contributed by atoms with Crippen LogP contribution in [0.2, 0.25) is 0 Å². The number of hydrogen-bond donors (Lipinski definition) is 0. The van der Waals surface area contributed by atoms with Gasteiger partial charge in [0.05, 0.1) is 11.1 Å². The van der Waals surface area contributed by atoms with Crippen molar-refractivity contribution < 1.29 is 28.8 Å². The summed E-state index contributed by atoms with van der Waals surface area (Å²) in [5, 5.41) is 0.511. The van der Waals surface area contributed by atoms with E-state index in [0.29, 0.717) is 24.4 Å². The molecule has 1 aromatic rings. The Morgan fingerprint density at radius 3 is 2.31 bits per heavy atom. The van der Waals surface area contributed by atoms with Crippen molar-refractivity contribution in [1.29, 1.82) is 0 Å². The number of hydroxylamine groups is 2. The van der Waals surface area contributed by atoms with Crippen LogP contribution in [0.15, 0.2) is 24.3 Å². The highest BCUT2D eigenvalue weighted by atomic mass is 16.7. The van der Waals surface area contributed by atoms with E-state index >= 15 is 0 Å². The van der Waals surface area contributed by atoms with Crippen molar-refractivity contribution in [2.45, 2.75) is 57.6 Å². The molecule has 2 heterocycles. The zero-order valence-electron chi connectivity index (χ0n) is 16.8. The maximum Gasteiger partial charge on any atom is 0.411 e. The van der Waals surface area contributed by atoms with E-state index in [1.807, 2.05) is 0 Å². The lowest BCUT2D eigenvalue weighted by Gasteiger charge is -2.37. The summed E-state index contributed by atoms with van der Waals surface area (Å²) in [7, 11) is 0. The minimum absolute atomic E-state index is 0.158. The van der Waals surface area contributed by atoms with E-state index in [9.17, 15) is 19.2 Å². The molecule has 8 heteroatoms. The van der Waals surface area contributed by atoms with E-state index in [2.05, 4.69) is 0 Å². The molecule has 0 N–H and O–H groups in total. The van der Waals surface area contributed by atoms with E-state index in [1.54, 1.807) is 32.9 Å². The van der Waals surface area contributed by atoms with Crippen LogP contribution >= 0.6 is 0 Å². The lowest BCUT2D eigenvalue weighted by Crippen LogP contribution is -2.56. The maximum absolute atomic E-state index is 13.2. The van der Waals surface area contributed by atoms with Crippen LogP contribution in [0, 0.1) is 5.92 Å². The van der Waals surface area contributed by atoms with Crippen LogP contribution in [0.1, 0.15) is 67.2 Å². The Kier molecular flexibility index (Phi) is 4.40. The van der Waals surface area contributed by atoms with E-state index < -0.39 is 35.0 Å². The van der Waals surface area contributed by atoms with Crippen LogP contribution in [-0.4, -0.2) is 51.5 Å². The average molecular weight is 400 g/mol. The molecule has 2 fully saturated rings. The molecular weight excluding hydrogens is 376 g/mol. The van der Waals surface area contributed by atoms with Gasteiger partial charge in [-0.2, -0.15) is 0 Å². The largest absolute Gasteiger partial charge is 0.444 e. The summed E-state index contributed by atoms with van der Waals surface area (Å²) in [6, 6.07) is 6.31. The number of benzene rings is 1. The number of rotatable bonds is 2. The highest BCUT2D eigenvalue weighted by Gasteiger charge is 2.58. The molecule has 1 aliphatic carbocycles. The molecule has 1 aromatic carbocycles. The minimum atomic E-state index is -1.22. The predicted octanol–water partition coefficient (Wildman–Crippen LogP) is 2.92. The fourth-order valence-electron chi connectivity index (χ4n) is 4.48. The highest BCUT2D eigenvalue weighted by molar-refractivity contribution is 6.21. The van der Waals surface area contributed by atoms with Gasteiger partial charge in [0.2, 0.25) is 0 Å². The normalized spacial score (nSPS) is 25.8. The summed E-state index contributed by atoms with van der Waals surface area (Å²) >= 11 is 0. The minimum Gasteiger partial charge on any atom is -0.444 e. The van der Waals surface area contributed by atoms with Crippen molar-refractivity contribution in [1.82, 2.24) is 9.96 Å². The predicted molar refractivity (Wildman–Crippen MR) is 101 cm³/mol. The Labute approximate surface area is 168 Å². The first-order valence-electron chi connectivity index (χ1n) is 9.83. The molecule has 2 unspecified atom stereocenters. The number of amides is 3. The Balaban J connectivity index is 1.59. The van der Waals surface area contributed by atoms with E-state index in [-0.39, 0.29) is 17.0 Å². The van der Waals surface area contributed by atoms with Gasteiger partial charge in [0.15, 0.2) is 0 Å². The standard InChI is InChI=1S/C21H24N2O6/c1-20(2,3)28-19(27)22-12-13-7-6-10-21(22,11-13)18(26)29-23-16(24)14-8-4-5-9-15(14)17(23)25/h4-5,8-9,13H,6-7,10-12H2,1-3H3. The smallest absolute Gasteiger partial charge is 0.411 e. The van der Waals surface area contributed by atoms with Crippen LogP contribution in [0.4, 0.5) is 4.79 Å². The van der Waals surface area contributed by atoms with Gasteiger partial charge in [-0.3, -0.25) is 14.5 Å². The molecule has 0 spiro atoms. The number of fused-ring (bicyclic) bond motifs is 3. The lowest BCUT2D eigenvalue weighted by molar-refractivity contribution is -0.182. The molecule has 154 valence electrons. The van der Waals surface area contributed by atoms with E-state index in [0.717, 1.165) is 12.8 Å². The number of ether oxygens (including phenoxy) is 1. The molecule has 2 atom stereocenters. The molecule has 0 aromatic heterocycles. The van der Waals surface area contributed by atoms with Gasteiger partial charge in [0.1, 0.15) is 11.1 Å². The summed E-state index contributed by atoms with van der Waals surface area (Å²) in [5.74, 6) is -1.96. The summed E-state index contributed by atoms with van der Waals surface area (Å²) in [4.78, 5) is 57.9. The molecule has 29 heavy (non-hydrogen) atoms. The first-order valence-corrected chi connectivity index (χ1v) is 9.83. The molecule has 1 saturated heterocycles. The Bertz CT molecular complexity index is 870. The van der Waals surface area contributed by atoms with Gasteiger partial charge in [-0.05, 0) is 58.1 Å². The number of carbonyl (C=O) groups excluding carboxylic acids is 4. The zero-order valence-corrected chi connectivity index (χ0v) is 16.8. The molecule has 3 aliphatic rings. The van der Waals surface area contributed by atoms with Crippen LogP contribution in [0.25, 0.3) is 0 Å². The summed E-state index contributed by atoms with van der Waals surface area (Å²) in [5.41, 5.74) is -1.54. The first kappa shape index (κ1) is 19.4. The summed E-state index contributed by atoms with van der Waals surface area (Å²) < 4.78 is 5.50. The van der Waals surface area contributed by atoms with Crippen LogP contribution in [-0.2, 0) is 14.4 Å². The van der Waals surface area contributed by atoms with Gasteiger partial charge in [0.25, 0.3) is 11.8 Å².